The lowest BCUT2D eigenvalue weighted by Crippen LogP contribution is -2.01. The second kappa shape index (κ2) is 5.67. The van der Waals surface area contributed by atoms with Gasteiger partial charge < -0.3 is 0 Å². The number of aromatic nitrogens is 2. The van der Waals surface area contributed by atoms with Crippen LogP contribution < -0.4 is 0 Å². The van der Waals surface area contributed by atoms with Crippen LogP contribution in [0.25, 0.3) is 11.3 Å². The van der Waals surface area contributed by atoms with Crippen LogP contribution in [-0.2, 0) is 6.54 Å². The van der Waals surface area contributed by atoms with Gasteiger partial charge in [-0.2, -0.15) is 5.10 Å². The first-order chi connectivity index (χ1) is 8.60. The number of hydrogen-bond acceptors (Lipinski definition) is 3. The molecule has 0 bridgehead atoms. The quantitative estimate of drug-likeness (QED) is 0.773. The Labute approximate surface area is 115 Å². The molecular weight excluding hydrogens is 268 g/mol. The largest absolute Gasteiger partial charge is 0.298 e. The normalized spacial score (nSPS) is 11.1. The molecule has 5 heteroatoms. The van der Waals surface area contributed by atoms with E-state index in [4.69, 9.17) is 11.6 Å². The fourth-order valence-corrected chi connectivity index (χ4v) is 2.55. The summed E-state index contributed by atoms with van der Waals surface area (Å²) in [4.78, 5) is 11.1. The predicted molar refractivity (Wildman–Crippen MR) is 75.4 cm³/mol. The molecule has 0 spiro atoms. The molecule has 0 aromatic carbocycles. The highest BCUT2D eigenvalue weighted by molar-refractivity contribution is 7.14. The third kappa shape index (κ3) is 3.00. The van der Waals surface area contributed by atoms with E-state index >= 15 is 0 Å². The van der Waals surface area contributed by atoms with Crippen molar-refractivity contribution in [3.63, 3.8) is 0 Å². The van der Waals surface area contributed by atoms with E-state index in [1.165, 1.54) is 11.3 Å². The first kappa shape index (κ1) is 13.3. The van der Waals surface area contributed by atoms with Crippen molar-refractivity contribution in [2.75, 3.05) is 0 Å². The van der Waals surface area contributed by atoms with Crippen molar-refractivity contribution in [2.45, 2.75) is 26.8 Å². The van der Waals surface area contributed by atoms with Crippen LogP contribution in [0.4, 0.5) is 0 Å². The first-order valence-electron chi connectivity index (χ1n) is 5.87. The molecule has 0 saturated heterocycles. The third-order valence-electron chi connectivity index (χ3n) is 2.69. The minimum Gasteiger partial charge on any atom is -0.298 e. The molecule has 2 rings (SSSR count). The summed E-state index contributed by atoms with van der Waals surface area (Å²) in [6.45, 7) is 5.17. The molecule has 2 aromatic rings. The van der Waals surface area contributed by atoms with E-state index in [0.29, 0.717) is 15.8 Å². The Balaban J connectivity index is 2.27. The molecule has 0 N–H and O–H groups in total. The number of rotatable bonds is 5. The molecule has 0 unspecified atom stereocenters. The number of thiophene rings is 1. The Kier molecular flexibility index (Phi) is 4.19. The van der Waals surface area contributed by atoms with E-state index in [-0.39, 0.29) is 0 Å². The maximum atomic E-state index is 11.1. The number of aldehydes is 1. The van der Waals surface area contributed by atoms with E-state index in [0.717, 1.165) is 30.5 Å². The topological polar surface area (TPSA) is 34.9 Å². The monoisotopic (exact) mass is 282 g/mol. The van der Waals surface area contributed by atoms with Gasteiger partial charge >= 0.3 is 0 Å². The zero-order valence-corrected chi connectivity index (χ0v) is 12.0. The Bertz CT molecular complexity index is 545. The number of aryl methyl sites for hydroxylation is 1. The summed E-state index contributed by atoms with van der Waals surface area (Å²) in [5, 5.41) is 6.39. The molecule has 0 atom stereocenters. The third-order valence-corrected chi connectivity index (χ3v) is 3.78. The van der Waals surface area contributed by atoms with Crippen molar-refractivity contribution in [2.24, 2.45) is 5.92 Å². The molecule has 0 amide bonds. The van der Waals surface area contributed by atoms with Gasteiger partial charge in [0, 0.05) is 23.7 Å². The number of carbonyl (C=O) groups excluding carboxylic acids is 1. The summed E-state index contributed by atoms with van der Waals surface area (Å²) in [5.74, 6) is 0.618. The van der Waals surface area contributed by atoms with Gasteiger partial charge in [0.15, 0.2) is 6.29 Å². The van der Waals surface area contributed by atoms with Crippen molar-refractivity contribution in [1.29, 1.82) is 0 Å². The van der Waals surface area contributed by atoms with Gasteiger partial charge in [0.05, 0.1) is 9.90 Å². The zero-order chi connectivity index (χ0) is 13.1. The fourth-order valence-electron chi connectivity index (χ4n) is 1.69. The maximum Gasteiger partial charge on any atom is 0.153 e. The summed E-state index contributed by atoms with van der Waals surface area (Å²) < 4.78 is 2.54. The van der Waals surface area contributed by atoms with Crippen molar-refractivity contribution in [3.8, 4) is 11.3 Å². The standard InChI is InChI=1S/C13H15ClN2OS/c1-9(2)3-4-16-6-11(7-17)13(15-16)10-5-12(14)18-8-10/h5-9H,3-4H2,1-2H3. The minimum atomic E-state index is 0.618. The highest BCUT2D eigenvalue weighted by atomic mass is 35.5. The van der Waals surface area contributed by atoms with Crippen LogP contribution in [0.3, 0.4) is 0 Å². The van der Waals surface area contributed by atoms with Crippen LogP contribution >= 0.6 is 22.9 Å². The lowest BCUT2D eigenvalue weighted by Gasteiger charge is -2.03. The van der Waals surface area contributed by atoms with Crippen molar-refractivity contribution in [3.05, 3.63) is 27.5 Å². The molecule has 96 valence electrons. The van der Waals surface area contributed by atoms with Crippen LogP contribution in [0.15, 0.2) is 17.6 Å². The SMILES string of the molecule is CC(C)CCn1cc(C=O)c(-c2csc(Cl)c2)n1. The Morgan fingerprint density at radius 3 is 2.89 bits per heavy atom. The van der Waals surface area contributed by atoms with Crippen LogP contribution in [0.1, 0.15) is 30.6 Å². The Morgan fingerprint density at radius 2 is 2.33 bits per heavy atom. The molecule has 2 aromatic heterocycles. The van der Waals surface area contributed by atoms with Crippen LogP contribution in [0.5, 0.6) is 0 Å². The van der Waals surface area contributed by atoms with E-state index < -0.39 is 0 Å². The molecule has 3 nitrogen and oxygen atoms in total. The number of carbonyl (C=O) groups is 1. The van der Waals surface area contributed by atoms with Crippen molar-refractivity contribution >= 4 is 29.2 Å². The number of nitrogens with zero attached hydrogens (tertiary/aromatic N) is 2. The molecule has 2 heterocycles. The van der Waals surface area contributed by atoms with Gasteiger partial charge in [0.25, 0.3) is 0 Å². The van der Waals surface area contributed by atoms with E-state index in [1.54, 1.807) is 6.20 Å². The molecule has 0 fully saturated rings. The number of halogens is 1. The predicted octanol–water partition coefficient (Wildman–Crippen LogP) is 4.12. The Morgan fingerprint density at radius 1 is 1.56 bits per heavy atom. The average molecular weight is 283 g/mol. The van der Waals surface area contributed by atoms with Crippen LogP contribution in [-0.4, -0.2) is 16.1 Å². The smallest absolute Gasteiger partial charge is 0.153 e. The van der Waals surface area contributed by atoms with E-state index in [9.17, 15) is 4.79 Å². The lowest BCUT2D eigenvalue weighted by molar-refractivity contribution is 0.112. The van der Waals surface area contributed by atoms with E-state index in [2.05, 4.69) is 18.9 Å². The molecule has 0 saturated carbocycles. The van der Waals surface area contributed by atoms with Gasteiger partial charge in [-0.3, -0.25) is 9.48 Å². The zero-order valence-electron chi connectivity index (χ0n) is 10.4. The molecule has 0 aliphatic heterocycles. The lowest BCUT2D eigenvalue weighted by atomic mass is 10.1. The molecule has 18 heavy (non-hydrogen) atoms. The van der Waals surface area contributed by atoms with Gasteiger partial charge in [-0.05, 0) is 18.4 Å². The number of hydrogen-bond donors (Lipinski definition) is 0. The summed E-state index contributed by atoms with van der Waals surface area (Å²) in [6.07, 6.45) is 3.69. The van der Waals surface area contributed by atoms with E-state index in [1.807, 2.05) is 16.1 Å². The average Bonchev–Trinajstić information content (AvgIpc) is 2.92. The summed E-state index contributed by atoms with van der Waals surface area (Å²) in [7, 11) is 0. The highest BCUT2D eigenvalue weighted by Crippen LogP contribution is 2.29. The fraction of sp³-hybridized carbons (Fsp3) is 0.385. The van der Waals surface area contributed by atoms with Gasteiger partial charge in [-0.25, -0.2) is 0 Å². The van der Waals surface area contributed by atoms with Crippen molar-refractivity contribution in [1.82, 2.24) is 9.78 Å². The molecule has 0 aliphatic rings. The Hall–Kier alpha value is -1.13. The summed E-state index contributed by atoms with van der Waals surface area (Å²) in [5.41, 5.74) is 2.25. The maximum absolute atomic E-state index is 11.1. The summed E-state index contributed by atoms with van der Waals surface area (Å²) >= 11 is 7.36. The van der Waals surface area contributed by atoms with Gasteiger partial charge in [-0.15, -0.1) is 11.3 Å². The highest BCUT2D eigenvalue weighted by Gasteiger charge is 2.12. The van der Waals surface area contributed by atoms with Crippen LogP contribution in [0.2, 0.25) is 4.34 Å². The van der Waals surface area contributed by atoms with Crippen molar-refractivity contribution < 1.29 is 4.79 Å². The molecule has 0 radical (unpaired) electrons. The van der Waals surface area contributed by atoms with Crippen LogP contribution in [0, 0.1) is 5.92 Å². The van der Waals surface area contributed by atoms with Gasteiger partial charge in [-0.1, -0.05) is 25.4 Å². The van der Waals surface area contributed by atoms with Gasteiger partial charge in [0.1, 0.15) is 5.69 Å². The summed E-state index contributed by atoms with van der Waals surface area (Å²) in [6, 6.07) is 1.84. The van der Waals surface area contributed by atoms with Gasteiger partial charge in [0.2, 0.25) is 0 Å². The molecular formula is C13H15ClN2OS. The second-order valence-electron chi connectivity index (χ2n) is 4.64. The minimum absolute atomic E-state index is 0.618. The first-order valence-corrected chi connectivity index (χ1v) is 7.13. The second-order valence-corrected chi connectivity index (χ2v) is 6.18. The molecule has 0 aliphatic carbocycles.